The van der Waals surface area contributed by atoms with Crippen molar-refractivity contribution in [2.45, 2.75) is 26.2 Å². The Morgan fingerprint density at radius 2 is 2.24 bits per heavy atom. The summed E-state index contributed by atoms with van der Waals surface area (Å²) in [5.41, 5.74) is 2.82. The zero-order valence-corrected chi connectivity index (χ0v) is 10.6. The minimum atomic E-state index is 0.568. The van der Waals surface area contributed by atoms with Crippen molar-refractivity contribution in [2.75, 3.05) is 24.6 Å². The third-order valence-electron chi connectivity index (χ3n) is 3.56. The molecule has 1 aromatic carbocycles. The summed E-state index contributed by atoms with van der Waals surface area (Å²) >= 11 is 0. The topological polar surface area (TPSA) is 38.5 Å². The lowest BCUT2D eigenvalue weighted by molar-refractivity contribution is 0.0951. The summed E-state index contributed by atoms with van der Waals surface area (Å²) in [5.74, 6) is 5.75. The predicted octanol–water partition coefficient (Wildman–Crippen LogP) is 2.36. The predicted molar refractivity (Wildman–Crippen MR) is 70.9 cm³/mol. The lowest BCUT2D eigenvalue weighted by atomic mass is 9.97. The van der Waals surface area contributed by atoms with Gasteiger partial charge in [-0.3, -0.25) is 0 Å². The molecular weight excluding hydrogens is 212 g/mol. The molecule has 1 atom stereocenters. The van der Waals surface area contributed by atoms with E-state index in [9.17, 15) is 0 Å². The molecule has 1 aliphatic heterocycles. The Morgan fingerprint density at radius 3 is 3.00 bits per heavy atom. The number of nitrogens with two attached hydrogens (primary N) is 1. The van der Waals surface area contributed by atoms with Crippen LogP contribution in [0.25, 0.3) is 0 Å². The summed E-state index contributed by atoms with van der Waals surface area (Å²) in [7, 11) is 0. The molecule has 1 aliphatic rings. The molecule has 0 aliphatic carbocycles. The molecule has 1 aromatic rings. The van der Waals surface area contributed by atoms with Crippen molar-refractivity contribution < 1.29 is 4.84 Å². The number of nitrogens with zero attached hydrogens (tertiary/aromatic N) is 1. The molecule has 1 unspecified atom stereocenters. The average molecular weight is 234 g/mol. The van der Waals surface area contributed by atoms with E-state index in [4.69, 9.17) is 10.7 Å². The Labute approximate surface area is 104 Å². The Balaban J connectivity index is 2.10. The van der Waals surface area contributed by atoms with Gasteiger partial charge in [0.05, 0.1) is 6.61 Å². The van der Waals surface area contributed by atoms with Crippen LogP contribution in [-0.4, -0.2) is 19.7 Å². The molecule has 1 saturated heterocycles. The molecular formula is C14H22N2O. The number of benzene rings is 1. The first-order chi connectivity index (χ1) is 8.35. The first-order valence-electron chi connectivity index (χ1n) is 6.49. The minimum absolute atomic E-state index is 0.568. The van der Waals surface area contributed by atoms with Crippen LogP contribution in [0.15, 0.2) is 24.3 Å². The van der Waals surface area contributed by atoms with Gasteiger partial charge in [0.25, 0.3) is 0 Å². The summed E-state index contributed by atoms with van der Waals surface area (Å²) in [6.45, 7) is 5.10. The Kier molecular flexibility index (Phi) is 4.40. The largest absolute Gasteiger partial charge is 0.371 e. The normalized spacial score (nSPS) is 20.6. The van der Waals surface area contributed by atoms with Crippen LogP contribution in [0, 0.1) is 5.92 Å². The maximum Gasteiger partial charge on any atom is 0.0724 e. The third kappa shape index (κ3) is 2.99. The number of piperidine rings is 1. The highest BCUT2D eigenvalue weighted by Crippen LogP contribution is 2.26. The second-order valence-corrected chi connectivity index (χ2v) is 4.77. The number of anilines is 1. The number of hydrogen-bond donors (Lipinski definition) is 1. The zero-order valence-electron chi connectivity index (χ0n) is 10.6. The van der Waals surface area contributed by atoms with E-state index in [1.807, 2.05) is 0 Å². The fourth-order valence-corrected chi connectivity index (χ4v) is 2.67. The van der Waals surface area contributed by atoms with Gasteiger partial charge in [0.1, 0.15) is 0 Å². The molecule has 3 heteroatoms. The highest BCUT2D eigenvalue weighted by molar-refractivity contribution is 5.54. The van der Waals surface area contributed by atoms with Gasteiger partial charge in [-0.25, -0.2) is 5.90 Å². The average Bonchev–Trinajstić information content (AvgIpc) is 2.39. The van der Waals surface area contributed by atoms with Crippen molar-refractivity contribution in [3.8, 4) is 0 Å². The van der Waals surface area contributed by atoms with Crippen LogP contribution in [0.3, 0.4) is 0 Å². The van der Waals surface area contributed by atoms with E-state index in [2.05, 4.69) is 36.1 Å². The molecule has 1 heterocycles. The van der Waals surface area contributed by atoms with E-state index in [1.54, 1.807) is 0 Å². The quantitative estimate of drug-likeness (QED) is 0.813. The monoisotopic (exact) mass is 234 g/mol. The molecule has 2 N–H and O–H groups in total. The first-order valence-corrected chi connectivity index (χ1v) is 6.49. The van der Waals surface area contributed by atoms with Gasteiger partial charge < -0.3 is 9.74 Å². The van der Waals surface area contributed by atoms with Crippen LogP contribution in [0.1, 0.15) is 25.3 Å². The summed E-state index contributed by atoms with van der Waals surface area (Å²) in [5, 5.41) is 0. The van der Waals surface area contributed by atoms with Crippen LogP contribution in [0.4, 0.5) is 5.69 Å². The van der Waals surface area contributed by atoms with Gasteiger partial charge in [-0.05, 0) is 30.9 Å². The van der Waals surface area contributed by atoms with Gasteiger partial charge in [-0.1, -0.05) is 25.1 Å². The molecule has 2 rings (SSSR count). The molecule has 1 fully saturated rings. The third-order valence-corrected chi connectivity index (χ3v) is 3.56. The molecule has 0 radical (unpaired) electrons. The summed E-state index contributed by atoms with van der Waals surface area (Å²) < 4.78 is 0. The maximum atomic E-state index is 5.18. The van der Waals surface area contributed by atoms with Crippen LogP contribution in [0.2, 0.25) is 0 Å². The lowest BCUT2D eigenvalue weighted by Gasteiger charge is -2.35. The second-order valence-electron chi connectivity index (χ2n) is 4.77. The van der Waals surface area contributed by atoms with E-state index >= 15 is 0 Å². The van der Waals surface area contributed by atoms with Gasteiger partial charge in [-0.15, -0.1) is 0 Å². The van der Waals surface area contributed by atoms with Gasteiger partial charge in [-0.2, -0.15) is 0 Å². The van der Waals surface area contributed by atoms with Crippen LogP contribution in [-0.2, 0) is 11.3 Å². The van der Waals surface area contributed by atoms with Crippen molar-refractivity contribution in [2.24, 2.45) is 11.8 Å². The minimum Gasteiger partial charge on any atom is -0.371 e. The van der Waals surface area contributed by atoms with Crippen LogP contribution >= 0.6 is 0 Å². The molecule has 0 bridgehead atoms. The second kappa shape index (κ2) is 6.03. The molecule has 3 nitrogen and oxygen atoms in total. The SMILES string of the molecule is CCc1ccccc1N1CCCC(CON)C1. The lowest BCUT2D eigenvalue weighted by Crippen LogP contribution is -2.38. The Morgan fingerprint density at radius 1 is 1.41 bits per heavy atom. The van der Waals surface area contributed by atoms with Crippen molar-refractivity contribution in [3.63, 3.8) is 0 Å². The smallest absolute Gasteiger partial charge is 0.0724 e. The van der Waals surface area contributed by atoms with E-state index < -0.39 is 0 Å². The number of hydrogen-bond acceptors (Lipinski definition) is 3. The molecule has 0 spiro atoms. The zero-order chi connectivity index (χ0) is 12.1. The van der Waals surface area contributed by atoms with Crippen molar-refractivity contribution in [1.82, 2.24) is 0 Å². The van der Waals surface area contributed by atoms with Gasteiger partial charge >= 0.3 is 0 Å². The van der Waals surface area contributed by atoms with E-state index in [0.717, 1.165) is 19.5 Å². The first kappa shape index (κ1) is 12.4. The van der Waals surface area contributed by atoms with E-state index in [1.165, 1.54) is 24.1 Å². The van der Waals surface area contributed by atoms with Crippen molar-refractivity contribution in [1.29, 1.82) is 0 Å². The number of aryl methyl sites for hydroxylation is 1. The maximum absolute atomic E-state index is 5.18. The van der Waals surface area contributed by atoms with Crippen molar-refractivity contribution in [3.05, 3.63) is 29.8 Å². The van der Waals surface area contributed by atoms with Crippen LogP contribution in [0.5, 0.6) is 0 Å². The van der Waals surface area contributed by atoms with Gasteiger partial charge in [0.15, 0.2) is 0 Å². The molecule has 0 amide bonds. The standard InChI is InChI=1S/C14H22N2O/c1-2-13-7-3-4-8-14(13)16-9-5-6-12(10-16)11-17-15/h3-4,7-8,12H,2,5-6,9-11,15H2,1H3. The van der Waals surface area contributed by atoms with Gasteiger partial charge in [0.2, 0.25) is 0 Å². The van der Waals surface area contributed by atoms with Crippen LogP contribution < -0.4 is 10.8 Å². The van der Waals surface area contributed by atoms with Crippen molar-refractivity contribution >= 4 is 5.69 Å². The molecule has 0 saturated carbocycles. The highest BCUT2D eigenvalue weighted by atomic mass is 16.6. The summed E-state index contributed by atoms with van der Waals surface area (Å²) in [4.78, 5) is 7.27. The highest BCUT2D eigenvalue weighted by Gasteiger charge is 2.21. The number of rotatable bonds is 4. The molecule has 17 heavy (non-hydrogen) atoms. The van der Waals surface area contributed by atoms with E-state index in [0.29, 0.717) is 12.5 Å². The Hall–Kier alpha value is -1.06. The number of para-hydroxylation sites is 1. The molecule has 0 aromatic heterocycles. The molecule has 94 valence electrons. The van der Waals surface area contributed by atoms with Gasteiger partial charge in [0, 0.05) is 24.7 Å². The Bertz CT molecular complexity index is 352. The summed E-state index contributed by atoms with van der Waals surface area (Å²) in [6.07, 6.45) is 3.54. The fraction of sp³-hybridized carbons (Fsp3) is 0.571. The summed E-state index contributed by atoms with van der Waals surface area (Å²) in [6, 6.07) is 8.69. The van der Waals surface area contributed by atoms with E-state index in [-0.39, 0.29) is 0 Å². The fourth-order valence-electron chi connectivity index (χ4n) is 2.67.